The number of alkyl halides is 1. The summed E-state index contributed by atoms with van der Waals surface area (Å²) in [6.45, 7) is 3.43. The van der Waals surface area contributed by atoms with E-state index in [1.165, 1.54) is 6.20 Å². The third-order valence-corrected chi connectivity index (χ3v) is 4.06. The first kappa shape index (κ1) is 15.3. The molecule has 8 nitrogen and oxygen atoms in total. The molecule has 114 valence electrons. The van der Waals surface area contributed by atoms with Crippen molar-refractivity contribution in [2.75, 3.05) is 6.54 Å². The largest absolute Gasteiger partial charge is 0.348 e. The first-order valence-electron chi connectivity index (χ1n) is 6.59. The van der Waals surface area contributed by atoms with Crippen LogP contribution < -0.4 is 11.2 Å². The Morgan fingerprint density at radius 1 is 1.62 bits per heavy atom. The molecule has 1 aliphatic rings. The molecule has 4 atom stereocenters. The van der Waals surface area contributed by atoms with Gasteiger partial charge in [-0.15, -0.1) is 0 Å². The van der Waals surface area contributed by atoms with Gasteiger partial charge >= 0.3 is 5.69 Å². The van der Waals surface area contributed by atoms with Crippen molar-refractivity contribution in [3.05, 3.63) is 43.5 Å². The second kappa shape index (κ2) is 5.71. The Labute approximate surface area is 119 Å². The van der Waals surface area contributed by atoms with Crippen LogP contribution >= 0.6 is 0 Å². The number of nitrogens with zero attached hydrogens (tertiary/aromatic N) is 4. The summed E-state index contributed by atoms with van der Waals surface area (Å²) in [6.07, 6.45) is -0.979. The summed E-state index contributed by atoms with van der Waals surface area (Å²) in [6, 6.07) is 1.13. The van der Waals surface area contributed by atoms with Crippen LogP contribution in [0.1, 0.15) is 26.5 Å². The van der Waals surface area contributed by atoms with E-state index in [0.29, 0.717) is 6.42 Å². The van der Waals surface area contributed by atoms with E-state index >= 15 is 0 Å². The van der Waals surface area contributed by atoms with Gasteiger partial charge in [-0.25, -0.2) is 9.18 Å². The molecule has 0 bridgehead atoms. The molecule has 21 heavy (non-hydrogen) atoms. The average Bonchev–Trinajstić information content (AvgIpc) is 2.71. The maximum absolute atomic E-state index is 14.5. The predicted molar refractivity (Wildman–Crippen MR) is 72.5 cm³/mol. The van der Waals surface area contributed by atoms with Crippen molar-refractivity contribution in [2.24, 2.45) is 11.0 Å². The molecule has 0 amide bonds. The van der Waals surface area contributed by atoms with Crippen molar-refractivity contribution in [3.63, 3.8) is 0 Å². The predicted octanol–water partition coefficient (Wildman–Crippen LogP) is 1.50. The van der Waals surface area contributed by atoms with Crippen LogP contribution in [-0.4, -0.2) is 27.9 Å². The highest BCUT2D eigenvalue weighted by Crippen LogP contribution is 2.44. The van der Waals surface area contributed by atoms with Crippen molar-refractivity contribution in [2.45, 2.75) is 38.3 Å². The fraction of sp³-hybridized carbons (Fsp3) is 0.667. The number of ether oxygens (including phenoxy) is 1. The summed E-state index contributed by atoms with van der Waals surface area (Å²) < 4.78 is 21.3. The summed E-state index contributed by atoms with van der Waals surface area (Å²) in [5.41, 5.74) is 6.19. The van der Waals surface area contributed by atoms with Gasteiger partial charge < -0.3 is 4.74 Å². The lowest BCUT2D eigenvalue weighted by Crippen LogP contribution is -2.38. The zero-order valence-electron chi connectivity index (χ0n) is 11.7. The van der Waals surface area contributed by atoms with Crippen molar-refractivity contribution < 1.29 is 9.13 Å². The second-order valence-electron chi connectivity index (χ2n) is 5.07. The van der Waals surface area contributed by atoms with Gasteiger partial charge in [-0.2, -0.15) is 0 Å². The quantitative estimate of drug-likeness (QED) is 0.516. The standard InChI is InChI=1S/C12H16FN5O3/c1-3-12(6-15-17-14)7(2)9(13)10(21-12)18-5-4-8(19)16-11(18)20/h4-5,7,9-10H,3,6H2,1-2H3,(H,16,19,20)/t7-,9-,10+,12-/m0/s1. The van der Waals surface area contributed by atoms with Crippen molar-refractivity contribution in [1.82, 2.24) is 9.55 Å². The molecular formula is C12H16FN5O3. The molecule has 0 aromatic carbocycles. The lowest BCUT2D eigenvalue weighted by Gasteiger charge is -2.29. The fourth-order valence-electron chi connectivity index (χ4n) is 2.64. The Kier molecular flexibility index (Phi) is 4.15. The molecule has 0 aliphatic carbocycles. The first-order chi connectivity index (χ1) is 9.95. The Balaban J connectivity index is 2.41. The lowest BCUT2D eigenvalue weighted by molar-refractivity contribution is -0.0860. The van der Waals surface area contributed by atoms with Gasteiger partial charge in [0.1, 0.15) is 0 Å². The molecule has 0 radical (unpaired) electrons. The van der Waals surface area contributed by atoms with E-state index in [1.54, 1.807) is 13.8 Å². The number of rotatable bonds is 4. The van der Waals surface area contributed by atoms with Gasteiger partial charge in [-0.05, 0) is 12.0 Å². The smallest absolute Gasteiger partial charge is 0.330 e. The number of hydrogen-bond donors (Lipinski definition) is 1. The van der Waals surface area contributed by atoms with Crippen molar-refractivity contribution in [1.29, 1.82) is 0 Å². The third kappa shape index (κ3) is 2.57. The molecule has 0 spiro atoms. The summed E-state index contributed by atoms with van der Waals surface area (Å²) in [4.78, 5) is 27.6. The first-order valence-corrected chi connectivity index (χ1v) is 6.59. The Bertz CT molecular complexity index is 680. The van der Waals surface area contributed by atoms with Crippen LogP contribution in [0.4, 0.5) is 4.39 Å². The minimum absolute atomic E-state index is 0.0177. The van der Waals surface area contributed by atoms with Gasteiger partial charge in [0.25, 0.3) is 5.56 Å². The molecule has 1 aromatic heterocycles. The minimum Gasteiger partial charge on any atom is -0.348 e. The third-order valence-electron chi connectivity index (χ3n) is 4.06. The van der Waals surface area contributed by atoms with E-state index in [-0.39, 0.29) is 6.54 Å². The summed E-state index contributed by atoms with van der Waals surface area (Å²) in [5, 5.41) is 3.49. The Morgan fingerprint density at radius 3 is 2.90 bits per heavy atom. The molecular weight excluding hydrogens is 281 g/mol. The maximum atomic E-state index is 14.5. The Hall–Kier alpha value is -2.12. The van der Waals surface area contributed by atoms with Crippen molar-refractivity contribution >= 4 is 0 Å². The number of H-pyrrole nitrogens is 1. The summed E-state index contributed by atoms with van der Waals surface area (Å²) >= 11 is 0. The number of azide groups is 1. The number of nitrogens with one attached hydrogen (secondary N) is 1. The van der Waals surface area contributed by atoms with Gasteiger partial charge in [0, 0.05) is 23.1 Å². The number of aromatic nitrogens is 2. The van der Waals surface area contributed by atoms with Gasteiger partial charge in [-0.1, -0.05) is 19.0 Å². The number of hydrogen-bond acceptors (Lipinski definition) is 4. The van der Waals surface area contributed by atoms with Crippen LogP contribution in [0.2, 0.25) is 0 Å². The molecule has 2 rings (SSSR count). The number of halogens is 1. The maximum Gasteiger partial charge on any atom is 0.330 e. The van der Waals surface area contributed by atoms with Crippen molar-refractivity contribution in [3.8, 4) is 0 Å². The van der Waals surface area contributed by atoms with Gasteiger partial charge in [0.15, 0.2) is 12.4 Å². The normalized spacial score (nSPS) is 31.9. The van der Waals surface area contributed by atoms with Gasteiger partial charge in [-0.3, -0.25) is 14.3 Å². The van der Waals surface area contributed by atoms with Crippen LogP contribution in [0, 0.1) is 5.92 Å². The molecule has 9 heteroatoms. The van der Waals surface area contributed by atoms with Crippen LogP contribution in [0.3, 0.4) is 0 Å². The van der Waals surface area contributed by atoms with E-state index in [4.69, 9.17) is 10.3 Å². The molecule has 1 fully saturated rings. The molecule has 1 saturated heterocycles. The average molecular weight is 297 g/mol. The zero-order valence-corrected chi connectivity index (χ0v) is 11.7. The molecule has 1 N–H and O–H groups in total. The Morgan fingerprint density at radius 2 is 2.33 bits per heavy atom. The molecule has 1 aliphatic heterocycles. The molecule has 0 saturated carbocycles. The SMILES string of the molecule is CC[C@@]1(CN=[N+]=[N-])O[C@@H](n2ccc(=O)[nH]c2=O)[C@@H](F)[C@@H]1C. The minimum atomic E-state index is -1.46. The van der Waals surface area contributed by atoms with Crippen LogP contribution in [-0.2, 0) is 4.74 Å². The van der Waals surface area contributed by atoms with Crippen LogP contribution in [0.25, 0.3) is 10.4 Å². The number of aromatic amines is 1. The lowest BCUT2D eigenvalue weighted by atomic mass is 9.85. The molecule has 2 heterocycles. The van der Waals surface area contributed by atoms with Gasteiger partial charge in [0.05, 0.1) is 12.1 Å². The monoisotopic (exact) mass is 297 g/mol. The van der Waals surface area contributed by atoms with Gasteiger partial charge in [0.2, 0.25) is 0 Å². The highest BCUT2D eigenvalue weighted by atomic mass is 19.1. The van der Waals surface area contributed by atoms with E-state index in [2.05, 4.69) is 15.0 Å². The van der Waals surface area contributed by atoms with Crippen LogP contribution in [0.15, 0.2) is 27.0 Å². The van der Waals surface area contributed by atoms with E-state index in [0.717, 1.165) is 10.6 Å². The molecule has 1 aromatic rings. The zero-order chi connectivity index (χ0) is 15.6. The second-order valence-corrected chi connectivity index (χ2v) is 5.07. The molecule has 0 unspecified atom stereocenters. The summed E-state index contributed by atoms with van der Waals surface area (Å²) in [7, 11) is 0. The topological polar surface area (TPSA) is 113 Å². The fourth-order valence-corrected chi connectivity index (χ4v) is 2.64. The highest BCUT2D eigenvalue weighted by molar-refractivity contribution is 5.00. The van der Waals surface area contributed by atoms with E-state index in [1.807, 2.05) is 0 Å². The van der Waals surface area contributed by atoms with E-state index < -0.39 is 35.2 Å². The van der Waals surface area contributed by atoms with E-state index in [9.17, 15) is 14.0 Å². The highest BCUT2D eigenvalue weighted by Gasteiger charge is 2.52. The summed E-state index contributed by atoms with van der Waals surface area (Å²) in [5.74, 6) is -0.558. The van der Waals surface area contributed by atoms with Crippen LogP contribution in [0.5, 0.6) is 0 Å².